The van der Waals surface area contributed by atoms with Gasteiger partial charge in [-0.2, -0.15) is 10.4 Å². The number of aromatic amines is 1. The van der Waals surface area contributed by atoms with Gasteiger partial charge in [0.25, 0.3) is 5.56 Å². The summed E-state index contributed by atoms with van der Waals surface area (Å²) in [4.78, 5) is 18.8. The van der Waals surface area contributed by atoms with E-state index in [0.29, 0.717) is 11.1 Å². The largest absolute Gasteiger partial charge is 0.290 e. The van der Waals surface area contributed by atoms with Gasteiger partial charge in [-0.3, -0.25) is 9.78 Å². The van der Waals surface area contributed by atoms with Gasteiger partial charge in [-0.05, 0) is 12.1 Å². The third-order valence-corrected chi connectivity index (χ3v) is 3.65. The first-order valence-corrected chi connectivity index (χ1v) is 7.78. The van der Waals surface area contributed by atoms with E-state index in [0.717, 1.165) is 0 Å². The first-order valence-electron chi connectivity index (χ1n) is 7.78. The van der Waals surface area contributed by atoms with E-state index in [9.17, 15) is 14.4 Å². The number of nitrogens with zero attached hydrogens (tertiary/aromatic N) is 3. The van der Waals surface area contributed by atoms with Crippen LogP contribution >= 0.6 is 0 Å². The van der Waals surface area contributed by atoms with Gasteiger partial charge < -0.3 is 0 Å². The van der Waals surface area contributed by atoms with Crippen molar-refractivity contribution < 1.29 is 4.39 Å². The van der Waals surface area contributed by atoms with Crippen molar-refractivity contribution in [3.05, 3.63) is 81.4 Å². The molecule has 1 aromatic heterocycles. The number of hydrogen-bond donors (Lipinski definition) is 2. The molecule has 130 valence electrons. The van der Waals surface area contributed by atoms with Crippen molar-refractivity contribution in [2.24, 2.45) is 5.10 Å². The van der Waals surface area contributed by atoms with E-state index in [2.05, 4.69) is 26.4 Å². The van der Waals surface area contributed by atoms with Crippen LogP contribution < -0.4 is 11.0 Å². The zero-order valence-electron chi connectivity index (χ0n) is 13.9. The predicted octanol–water partition coefficient (Wildman–Crippen LogP) is 2.87. The molecule has 0 radical (unpaired) electrons. The van der Waals surface area contributed by atoms with Crippen LogP contribution in [-0.2, 0) is 0 Å². The number of nitriles is 1. The van der Waals surface area contributed by atoms with E-state index in [4.69, 9.17) is 6.42 Å². The molecule has 0 fully saturated rings. The number of nitrogens with one attached hydrogen (secondary N) is 2. The SMILES string of the molecule is C#Cc1cccc(F)c1C=NNc1nc(-c2ccccc2)c(C#N)c(=O)[nH]1. The highest BCUT2D eigenvalue weighted by atomic mass is 19.1. The monoisotopic (exact) mass is 357 g/mol. The summed E-state index contributed by atoms with van der Waals surface area (Å²) in [5.74, 6) is 1.85. The molecule has 0 aliphatic rings. The summed E-state index contributed by atoms with van der Waals surface area (Å²) in [6.45, 7) is 0. The van der Waals surface area contributed by atoms with Crippen LogP contribution in [-0.4, -0.2) is 16.2 Å². The molecule has 27 heavy (non-hydrogen) atoms. The Morgan fingerprint density at radius 1 is 1.22 bits per heavy atom. The Balaban J connectivity index is 1.96. The molecule has 2 aromatic carbocycles. The number of rotatable bonds is 4. The Kier molecular flexibility index (Phi) is 5.06. The van der Waals surface area contributed by atoms with E-state index in [-0.39, 0.29) is 22.8 Å². The zero-order chi connectivity index (χ0) is 19.2. The summed E-state index contributed by atoms with van der Waals surface area (Å²) < 4.78 is 13.9. The van der Waals surface area contributed by atoms with Gasteiger partial charge in [0.15, 0.2) is 0 Å². The summed E-state index contributed by atoms with van der Waals surface area (Å²) in [5.41, 5.74) is 3.10. The lowest BCUT2D eigenvalue weighted by molar-refractivity contribution is 0.625. The topological polar surface area (TPSA) is 93.9 Å². The molecule has 0 aliphatic carbocycles. The average molecular weight is 357 g/mol. The molecule has 0 spiro atoms. The summed E-state index contributed by atoms with van der Waals surface area (Å²) in [7, 11) is 0. The number of hydrazone groups is 1. The van der Waals surface area contributed by atoms with Crippen molar-refractivity contribution in [1.29, 1.82) is 5.26 Å². The van der Waals surface area contributed by atoms with Crippen LogP contribution in [0.25, 0.3) is 11.3 Å². The highest BCUT2D eigenvalue weighted by Crippen LogP contribution is 2.19. The summed E-state index contributed by atoms with van der Waals surface area (Å²) >= 11 is 0. The first kappa shape index (κ1) is 17.6. The van der Waals surface area contributed by atoms with Crippen LogP contribution in [0.4, 0.5) is 10.3 Å². The number of hydrogen-bond acceptors (Lipinski definition) is 5. The predicted molar refractivity (Wildman–Crippen MR) is 101 cm³/mol. The molecule has 0 amide bonds. The van der Waals surface area contributed by atoms with Crippen molar-refractivity contribution in [3.8, 4) is 29.7 Å². The normalized spacial score (nSPS) is 10.3. The Morgan fingerprint density at radius 3 is 2.70 bits per heavy atom. The number of halogens is 1. The Hall–Kier alpha value is -4.23. The van der Waals surface area contributed by atoms with Crippen LogP contribution in [0.1, 0.15) is 16.7 Å². The van der Waals surface area contributed by atoms with Crippen LogP contribution in [0.3, 0.4) is 0 Å². The standard InChI is InChI=1S/C20H12FN5O/c1-2-13-9-6-10-17(21)16(13)12-23-26-20-24-18(14-7-4-3-5-8-14)15(11-22)19(27)25-20/h1,3-10,12H,(H2,24,25,26,27). The van der Waals surface area contributed by atoms with Gasteiger partial charge in [0.2, 0.25) is 5.95 Å². The van der Waals surface area contributed by atoms with Crippen LogP contribution in [0, 0.1) is 29.5 Å². The van der Waals surface area contributed by atoms with Crippen molar-refractivity contribution in [1.82, 2.24) is 9.97 Å². The van der Waals surface area contributed by atoms with Crippen LogP contribution in [0.2, 0.25) is 0 Å². The summed E-state index contributed by atoms with van der Waals surface area (Å²) in [5, 5.41) is 13.1. The second-order valence-electron chi connectivity index (χ2n) is 5.33. The van der Waals surface area contributed by atoms with E-state index in [1.165, 1.54) is 18.3 Å². The molecule has 2 N–H and O–H groups in total. The molecular formula is C20H12FN5O. The van der Waals surface area contributed by atoms with Crippen molar-refractivity contribution in [2.75, 3.05) is 5.43 Å². The van der Waals surface area contributed by atoms with Gasteiger partial charge >= 0.3 is 0 Å². The number of benzene rings is 2. The summed E-state index contributed by atoms with van der Waals surface area (Å²) in [6, 6.07) is 15.0. The Morgan fingerprint density at radius 2 is 2.00 bits per heavy atom. The lowest BCUT2D eigenvalue weighted by Gasteiger charge is -2.06. The second kappa shape index (κ2) is 7.77. The molecule has 3 rings (SSSR count). The number of aromatic nitrogens is 2. The quantitative estimate of drug-likeness (QED) is 0.426. The van der Waals surface area contributed by atoms with Gasteiger partial charge in [0.05, 0.1) is 11.9 Å². The average Bonchev–Trinajstić information content (AvgIpc) is 2.69. The number of anilines is 1. The Labute approximate surface area is 154 Å². The third-order valence-electron chi connectivity index (χ3n) is 3.65. The fraction of sp³-hybridized carbons (Fsp3) is 0. The number of terminal acetylenes is 1. The van der Waals surface area contributed by atoms with Crippen LogP contribution in [0.15, 0.2) is 58.4 Å². The van der Waals surface area contributed by atoms with E-state index >= 15 is 0 Å². The van der Waals surface area contributed by atoms with Gasteiger partial charge in [0.1, 0.15) is 17.4 Å². The molecular weight excluding hydrogens is 345 g/mol. The molecule has 1 heterocycles. The van der Waals surface area contributed by atoms with E-state index in [1.54, 1.807) is 30.3 Å². The molecule has 3 aromatic rings. The molecule has 0 saturated carbocycles. The third kappa shape index (κ3) is 3.73. The van der Waals surface area contributed by atoms with E-state index in [1.807, 2.05) is 12.1 Å². The maximum atomic E-state index is 13.9. The fourth-order valence-electron chi connectivity index (χ4n) is 2.39. The lowest BCUT2D eigenvalue weighted by atomic mass is 10.1. The van der Waals surface area contributed by atoms with Crippen molar-refractivity contribution >= 4 is 12.2 Å². The molecule has 0 aliphatic heterocycles. The Bertz CT molecular complexity index is 1150. The molecule has 0 atom stereocenters. The summed E-state index contributed by atoms with van der Waals surface area (Å²) in [6.07, 6.45) is 6.55. The molecule has 6 nitrogen and oxygen atoms in total. The molecule has 7 heteroatoms. The lowest BCUT2D eigenvalue weighted by Crippen LogP contribution is -2.16. The highest BCUT2D eigenvalue weighted by molar-refractivity contribution is 5.84. The van der Waals surface area contributed by atoms with Gasteiger partial charge in [0, 0.05) is 16.7 Å². The number of H-pyrrole nitrogens is 1. The molecule has 0 saturated heterocycles. The minimum absolute atomic E-state index is 0.00713. The van der Waals surface area contributed by atoms with Crippen LogP contribution in [0.5, 0.6) is 0 Å². The maximum absolute atomic E-state index is 13.9. The fourth-order valence-corrected chi connectivity index (χ4v) is 2.39. The highest BCUT2D eigenvalue weighted by Gasteiger charge is 2.13. The molecule has 0 bridgehead atoms. The van der Waals surface area contributed by atoms with Gasteiger partial charge in [-0.15, -0.1) is 6.42 Å². The minimum atomic E-state index is -0.612. The maximum Gasteiger partial charge on any atom is 0.270 e. The van der Waals surface area contributed by atoms with Gasteiger partial charge in [-0.25, -0.2) is 14.8 Å². The smallest absolute Gasteiger partial charge is 0.270 e. The van der Waals surface area contributed by atoms with E-state index < -0.39 is 11.4 Å². The van der Waals surface area contributed by atoms with Gasteiger partial charge in [-0.1, -0.05) is 42.3 Å². The van der Waals surface area contributed by atoms with Crippen molar-refractivity contribution in [3.63, 3.8) is 0 Å². The van der Waals surface area contributed by atoms with Crippen molar-refractivity contribution in [2.45, 2.75) is 0 Å². The second-order valence-corrected chi connectivity index (χ2v) is 5.33. The first-order chi connectivity index (χ1) is 13.1. The molecule has 0 unspecified atom stereocenters. The minimum Gasteiger partial charge on any atom is -0.290 e. The zero-order valence-corrected chi connectivity index (χ0v) is 13.9.